The van der Waals surface area contributed by atoms with Gasteiger partial charge in [0.25, 0.3) is 10.0 Å². The van der Waals surface area contributed by atoms with Gasteiger partial charge in [-0.3, -0.25) is 4.72 Å². The molecule has 3 aromatic rings. The third-order valence-electron chi connectivity index (χ3n) is 3.01. The zero-order valence-corrected chi connectivity index (χ0v) is 13.7. The third-order valence-corrected chi connectivity index (χ3v) is 5.79. The van der Waals surface area contributed by atoms with Crippen molar-refractivity contribution >= 4 is 48.3 Å². The Morgan fingerprint density at radius 3 is 2.77 bits per heavy atom. The summed E-state index contributed by atoms with van der Waals surface area (Å²) < 4.78 is 41.2. The highest BCUT2D eigenvalue weighted by atomic mass is 35.5. The van der Waals surface area contributed by atoms with Crippen molar-refractivity contribution in [1.29, 1.82) is 0 Å². The highest BCUT2D eigenvalue weighted by Crippen LogP contribution is 2.30. The zero-order chi connectivity index (χ0) is 15.9. The first-order valence-corrected chi connectivity index (χ1v) is 8.88. The van der Waals surface area contributed by atoms with Crippen LogP contribution in [0, 0.1) is 12.7 Å². The normalized spacial score (nSPS) is 11.8. The van der Waals surface area contributed by atoms with E-state index in [-0.39, 0.29) is 10.0 Å². The predicted octanol–water partition coefficient (Wildman–Crippen LogP) is 4.20. The summed E-state index contributed by atoms with van der Waals surface area (Å²) in [6.07, 6.45) is 0. The number of hydrogen-bond donors (Lipinski definition) is 1. The van der Waals surface area contributed by atoms with E-state index >= 15 is 0 Å². The Hall–Kier alpha value is -1.70. The second-order valence-corrected chi connectivity index (χ2v) is 7.76. The van der Waals surface area contributed by atoms with Gasteiger partial charge in [-0.1, -0.05) is 29.0 Å². The molecule has 0 saturated carbocycles. The molecule has 0 aliphatic carbocycles. The SMILES string of the molecule is Cc1ccc(F)cc1S(=O)(=O)Nc1nc2ccc(Cl)cc2s1. The van der Waals surface area contributed by atoms with Crippen LogP contribution >= 0.6 is 22.9 Å². The smallest absolute Gasteiger partial charge is 0.255 e. The van der Waals surface area contributed by atoms with Crippen LogP contribution < -0.4 is 4.72 Å². The molecule has 0 bridgehead atoms. The molecule has 0 aliphatic heterocycles. The molecule has 0 unspecified atom stereocenters. The van der Waals surface area contributed by atoms with Crippen LogP contribution in [0.4, 0.5) is 9.52 Å². The van der Waals surface area contributed by atoms with Gasteiger partial charge in [0, 0.05) is 5.02 Å². The van der Waals surface area contributed by atoms with Gasteiger partial charge in [0.2, 0.25) is 0 Å². The van der Waals surface area contributed by atoms with E-state index in [0.717, 1.165) is 22.1 Å². The fourth-order valence-corrected chi connectivity index (χ4v) is 4.61. The van der Waals surface area contributed by atoms with Crippen LogP contribution in [-0.4, -0.2) is 13.4 Å². The van der Waals surface area contributed by atoms with Crippen molar-refractivity contribution < 1.29 is 12.8 Å². The lowest BCUT2D eigenvalue weighted by molar-refractivity contribution is 0.594. The van der Waals surface area contributed by atoms with Crippen molar-refractivity contribution in [1.82, 2.24) is 4.98 Å². The molecule has 0 atom stereocenters. The molecule has 1 heterocycles. The van der Waals surface area contributed by atoms with E-state index in [0.29, 0.717) is 16.1 Å². The maximum absolute atomic E-state index is 13.3. The molecule has 0 saturated heterocycles. The summed E-state index contributed by atoms with van der Waals surface area (Å²) >= 11 is 7.06. The largest absolute Gasteiger partial charge is 0.264 e. The lowest BCUT2D eigenvalue weighted by Crippen LogP contribution is -2.14. The number of halogens is 2. The molecule has 1 N–H and O–H groups in total. The number of anilines is 1. The highest BCUT2D eigenvalue weighted by molar-refractivity contribution is 7.93. The summed E-state index contributed by atoms with van der Waals surface area (Å²) in [4.78, 5) is 4.09. The van der Waals surface area contributed by atoms with Crippen molar-refractivity contribution in [3.8, 4) is 0 Å². The van der Waals surface area contributed by atoms with Crippen LogP contribution in [0.5, 0.6) is 0 Å². The monoisotopic (exact) mass is 356 g/mol. The van der Waals surface area contributed by atoms with E-state index in [1.54, 1.807) is 25.1 Å². The number of sulfonamides is 1. The van der Waals surface area contributed by atoms with Gasteiger partial charge < -0.3 is 0 Å². The number of benzene rings is 2. The molecule has 0 radical (unpaired) electrons. The van der Waals surface area contributed by atoms with Crippen molar-refractivity contribution in [2.24, 2.45) is 0 Å². The van der Waals surface area contributed by atoms with Gasteiger partial charge in [-0.15, -0.1) is 0 Å². The van der Waals surface area contributed by atoms with Crippen LogP contribution in [0.1, 0.15) is 5.56 Å². The molecular weight excluding hydrogens is 347 g/mol. The van der Waals surface area contributed by atoms with Crippen molar-refractivity contribution in [3.05, 3.63) is 52.8 Å². The van der Waals surface area contributed by atoms with E-state index in [1.165, 1.54) is 12.1 Å². The van der Waals surface area contributed by atoms with Gasteiger partial charge in [0.15, 0.2) is 5.13 Å². The lowest BCUT2D eigenvalue weighted by atomic mass is 10.2. The van der Waals surface area contributed by atoms with E-state index in [4.69, 9.17) is 11.6 Å². The molecule has 4 nitrogen and oxygen atoms in total. The predicted molar refractivity (Wildman–Crippen MR) is 86.6 cm³/mol. The number of aryl methyl sites for hydroxylation is 1. The van der Waals surface area contributed by atoms with E-state index in [9.17, 15) is 12.8 Å². The van der Waals surface area contributed by atoms with Crippen LogP contribution in [0.15, 0.2) is 41.3 Å². The van der Waals surface area contributed by atoms with Crippen molar-refractivity contribution in [3.63, 3.8) is 0 Å². The maximum Gasteiger partial charge on any atom is 0.264 e. The first-order chi connectivity index (χ1) is 10.3. The number of nitrogens with one attached hydrogen (secondary N) is 1. The van der Waals surface area contributed by atoms with E-state index in [1.807, 2.05) is 0 Å². The Balaban J connectivity index is 2.00. The Bertz CT molecular complexity index is 970. The second-order valence-electron chi connectivity index (χ2n) is 4.65. The Morgan fingerprint density at radius 2 is 2.00 bits per heavy atom. The summed E-state index contributed by atoms with van der Waals surface area (Å²) in [6.45, 7) is 1.60. The molecule has 114 valence electrons. The fourth-order valence-electron chi connectivity index (χ4n) is 1.98. The molecule has 0 amide bonds. The molecule has 0 aliphatic rings. The lowest BCUT2D eigenvalue weighted by Gasteiger charge is -2.07. The number of nitrogens with zero attached hydrogens (tertiary/aromatic N) is 1. The first-order valence-electron chi connectivity index (χ1n) is 6.20. The summed E-state index contributed by atoms with van der Waals surface area (Å²) in [6, 6.07) is 8.72. The Morgan fingerprint density at radius 1 is 1.23 bits per heavy atom. The quantitative estimate of drug-likeness (QED) is 0.765. The minimum Gasteiger partial charge on any atom is -0.255 e. The molecule has 22 heavy (non-hydrogen) atoms. The fraction of sp³-hybridized carbons (Fsp3) is 0.0714. The van der Waals surface area contributed by atoms with Crippen LogP contribution in [0.2, 0.25) is 5.02 Å². The standard InChI is InChI=1S/C14H10ClFN2O2S2/c1-8-2-4-10(16)7-13(8)22(19,20)18-14-17-11-5-3-9(15)6-12(11)21-14/h2-7H,1H3,(H,17,18). The number of fused-ring (bicyclic) bond motifs is 1. The minimum atomic E-state index is -3.90. The number of hydrogen-bond acceptors (Lipinski definition) is 4. The molecule has 8 heteroatoms. The van der Waals surface area contributed by atoms with E-state index < -0.39 is 15.8 Å². The van der Waals surface area contributed by atoms with Gasteiger partial charge >= 0.3 is 0 Å². The summed E-state index contributed by atoms with van der Waals surface area (Å²) in [5.41, 5.74) is 1.10. The molecule has 2 aromatic carbocycles. The molecule has 0 spiro atoms. The molecular formula is C14H10ClFN2O2S2. The van der Waals surface area contributed by atoms with Gasteiger partial charge in [-0.25, -0.2) is 17.8 Å². The van der Waals surface area contributed by atoms with E-state index in [2.05, 4.69) is 9.71 Å². The molecule has 0 fully saturated rings. The van der Waals surface area contributed by atoms with Crippen LogP contribution in [0.25, 0.3) is 10.2 Å². The van der Waals surface area contributed by atoms with Gasteiger partial charge in [-0.2, -0.15) is 0 Å². The summed E-state index contributed by atoms with van der Waals surface area (Å²) in [5, 5.41) is 0.757. The van der Waals surface area contributed by atoms with Crippen LogP contribution in [-0.2, 0) is 10.0 Å². The second kappa shape index (κ2) is 5.49. The summed E-state index contributed by atoms with van der Waals surface area (Å²) in [7, 11) is -3.90. The number of thiazole rings is 1. The molecule has 1 aromatic heterocycles. The van der Waals surface area contributed by atoms with Crippen molar-refractivity contribution in [2.45, 2.75) is 11.8 Å². The topological polar surface area (TPSA) is 59.1 Å². The van der Waals surface area contributed by atoms with Gasteiger partial charge in [0.05, 0.1) is 15.1 Å². The Labute approximate surface area is 135 Å². The van der Waals surface area contributed by atoms with Gasteiger partial charge in [0.1, 0.15) is 5.82 Å². The van der Waals surface area contributed by atoms with Crippen molar-refractivity contribution in [2.75, 3.05) is 4.72 Å². The number of aromatic nitrogens is 1. The zero-order valence-electron chi connectivity index (χ0n) is 11.3. The maximum atomic E-state index is 13.3. The third kappa shape index (κ3) is 2.92. The number of rotatable bonds is 3. The highest BCUT2D eigenvalue weighted by Gasteiger charge is 2.19. The first kappa shape index (κ1) is 15.2. The van der Waals surface area contributed by atoms with Gasteiger partial charge in [-0.05, 0) is 42.8 Å². The average Bonchev–Trinajstić information content (AvgIpc) is 2.81. The average molecular weight is 357 g/mol. The minimum absolute atomic E-state index is 0.107. The molecule has 3 rings (SSSR count). The summed E-state index contributed by atoms with van der Waals surface area (Å²) in [5.74, 6) is -0.609. The van der Waals surface area contributed by atoms with Crippen LogP contribution in [0.3, 0.4) is 0 Å². The Kier molecular flexibility index (Phi) is 3.80.